The van der Waals surface area contributed by atoms with Gasteiger partial charge in [-0.2, -0.15) is 5.26 Å². The Morgan fingerprint density at radius 3 is 2.61 bits per heavy atom. The molecule has 3 aromatic rings. The van der Waals surface area contributed by atoms with Gasteiger partial charge in [0.25, 0.3) is 0 Å². The minimum absolute atomic E-state index is 0.0754. The fraction of sp³-hybridized carbons (Fsp3) is 0.190. The summed E-state index contributed by atoms with van der Waals surface area (Å²) in [5, 5.41) is 14.6. The first-order chi connectivity index (χ1) is 13.5. The standard InChI is InChI=1S/C21H19N3O3S/c1-14-3-7-17(8-4-14)23-21-24-18(13-28-21)12-26-20(25)15(2)27-19-9-5-16(11-22)6-10-19/h3-10,13,15H,12H2,1-2H3,(H,23,24)/t15-/m1/s1. The van der Waals surface area contributed by atoms with Crippen molar-refractivity contribution in [2.45, 2.75) is 26.6 Å². The summed E-state index contributed by atoms with van der Waals surface area (Å²) in [6.45, 7) is 3.73. The summed E-state index contributed by atoms with van der Waals surface area (Å²) >= 11 is 1.44. The fourth-order valence-electron chi connectivity index (χ4n) is 2.31. The summed E-state index contributed by atoms with van der Waals surface area (Å²) < 4.78 is 10.8. The third-order valence-corrected chi connectivity index (χ3v) is 4.65. The molecule has 28 heavy (non-hydrogen) atoms. The molecule has 1 N–H and O–H groups in total. The van der Waals surface area contributed by atoms with Crippen LogP contribution >= 0.6 is 11.3 Å². The average molecular weight is 393 g/mol. The van der Waals surface area contributed by atoms with Crippen LogP contribution in [0.4, 0.5) is 10.8 Å². The van der Waals surface area contributed by atoms with Gasteiger partial charge in [-0.15, -0.1) is 11.3 Å². The van der Waals surface area contributed by atoms with Gasteiger partial charge in [-0.05, 0) is 50.2 Å². The smallest absolute Gasteiger partial charge is 0.347 e. The summed E-state index contributed by atoms with van der Waals surface area (Å²) in [5.41, 5.74) is 3.34. The van der Waals surface area contributed by atoms with E-state index in [1.807, 2.05) is 42.6 Å². The Morgan fingerprint density at radius 1 is 1.21 bits per heavy atom. The lowest BCUT2D eigenvalue weighted by molar-refractivity contribution is -0.152. The van der Waals surface area contributed by atoms with Crippen LogP contribution in [0.25, 0.3) is 0 Å². The topological polar surface area (TPSA) is 84.2 Å². The zero-order valence-corrected chi connectivity index (χ0v) is 16.3. The van der Waals surface area contributed by atoms with Gasteiger partial charge in [0.1, 0.15) is 12.4 Å². The van der Waals surface area contributed by atoms with Crippen LogP contribution in [-0.2, 0) is 16.1 Å². The molecule has 0 fully saturated rings. The molecule has 6 nitrogen and oxygen atoms in total. The lowest BCUT2D eigenvalue weighted by Crippen LogP contribution is -2.26. The minimum Gasteiger partial charge on any atom is -0.479 e. The number of ether oxygens (including phenoxy) is 2. The highest BCUT2D eigenvalue weighted by Crippen LogP contribution is 2.22. The minimum atomic E-state index is -0.767. The van der Waals surface area contributed by atoms with E-state index >= 15 is 0 Å². The number of nitrogens with zero attached hydrogens (tertiary/aromatic N) is 2. The van der Waals surface area contributed by atoms with Gasteiger partial charge in [-0.25, -0.2) is 9.78 Å². The molecule has 0 aliphatic heterocycles. The molecule has 1 heterocycles. The van der Waals surface area contributed by atoms with Crippen molar-refractivity contribution in [1.29, 1.82) is 5.26 Å². The summed E-state index contributed by atoms with van der Waals surface area (Å²) in [7, 11) is 0. The molecule has 7 heteroatoms. The number of benzene rings is 2. The zero-order chi connectivity index (χ0) is 19.9. The Kier molecular flexibility index (Phi) is 6.25. The van der Waals surface area contributed by atoms with Crippen molar-refractivity contribution in [3.8, 4) is 11.8 Å². The van der Waals surface area contributed by atoms with Gasteiger partial charge in [0.2, 0.25) is 0 Å². The third kappa shape index (κ3) is 5.32. The van der Waals surface area contributed by atoms with Gasteiger partial charge in [-0.1, -0.05) is 17.7 Å². The Labute approximate surface area is 167 Å². The second-order valence-corrected chi connectivity index (χ2v) is 7.00. The van der Waals surface area contributed by atoms with E-state index in [2.05, 4.69) is 10.3 Å². The van der Waals surface area contributed by atoms with Crippen molar-refractivity contribution in [1.82, 2.24) is 4.98 Å². The largest absolute Gasteiger partial charge is 0.479 e. The highest BCUT2D eigenvalue weighted by atomic mass is 32.1. The highest BCUT2D eigenvalue weighted by Gasteiger charge is 2.17. The van der Waals surface area contributed by atoms with Gasteiger partial charge in [0.05, 0.1) is 17.3 Å². The first-order valence-corrected chi connectivity index (χ1v) is 9.53. The van der Waals surface area contributed by atoms with Crippen LogP contribution in [0.1, 0.15) is 23.7 Å². The zero-order valence-electron chi connectivity index (χ0n) is 15.5. The average Bonchev–Trinajstić information content (AvgIpc) is 3.15. The molecular formula is C21H19N3O3S. The molecule has 0 saturated carbocycles. The van der Waals surface area contributed by atoms with Gasteiger partial charge in [0, 0.05) is 11.1 Å². The number of aromatic nitrogens is 1. The van der Waals surface area contributed by atoms with Crippen molar-refractivity contribution in [2.24, 2.45) is 0 Å². The quantitative estimate of drug-likeness (QED) is 0.592. The molecule has 0 saturated heterocycles. The van der Waals surface area contributed by atoms with Gasteiger partial charge in [-0.3, -0.25) is 0 Å². The van der Waals surface area contributed by atoms with Crippen LogP contribution in [0.15, 0.2) is 53.9 Å². The fourth-order valence-corrected chi connectivity index (χ4v) is 3.03. The summed E-state index contributed by atoms with van der Waals surface area (Å²) in [4.78, 5) is 16.6. The molecule has 0 radical (unpaired) electrons. The molecule has 142 valence electrons. The van der Waals surface area contributed by atoms with Crippen LogP contribution in [-0.4, -0.2) is 17.1 Å². The summed E-state index contributed by atoms with van der Waals surface area (Å²) in [5.74, 6) is 0.0205. The number of hydrogen-bond donors (Lipinski definition) is 1. The Balaban J connectivity index is 1.49. The molecule has 0 bridgehead atoms. The van der Waals surface area contributed by atoms with E-state index < -0.39 is 12.1 Å². The van der Waals surface area contributed by atoms with Crippen molar-refractivity contribution < 1.29 is 14.3 Å². The lowest BCUT2D eigenvalue weighted by Gasteiger charge is -2.13. The van der Waals surface area contributed by atoms with Crippen LogP contribution < -0.4 is 10.1 Å². The van der Waals surface area contributed by atoms with Gasteiger partial charge < -0.3 is 14.8 Å². The molecule has 2 aromatic carbocycles. The second kappa shape index (κ2) is 9.02. The lowest BCUT2D eigenvalue weighted by atomic mass is 10.2. The molecule has 1 atom stereocenters. The number of aryl methyl sites for hydroxylation is 1. The normalized spacial score (nSPS) is 11.3. The Morgan fingerprint density at radius 2 is 1.93 bits per heavy atom. The Hall–Kier alpha value is -3.37. The van der Waals surface area contributed by atoms with Crippen LogP contribution in [0.5, 0.6) is 5.75 Å². The number of nitriles is 1. The van der Waals surface area contributed by atoms with E-state index in [9.17, 15) is 4.79 Å². The van der Waals surface area contributed by atoms with E-state index in [-0.39, 0.29) is 6.61 Å². The molecule has 1 aromatic heterocycles. The highest BCUT2D eigenvalue weighted by molar-refractivity contribution is 7.13. The number of carbonyl (C=O) groups excluding carboxylic acids is 1. The SMILES string of the molecule is Cc1ccc(Nc2nc(COC(=O)[C@@H](C)Oc3ccc(C#N)cc3)cs2)cc1. The predicted octanol–water partition coefficient (Wildman–Crippen LogP) is 4.58. The number of rotatable bonds is 7. The predicted molar refractivity (Wildman–Crippen MR) is 108 cm³/mol. The van der Waals surface area contributed by atoms with Crippen molar-refractivity contribution in [3.63, 3.8) is 0 Å². The monoisotopic (exact) mass is 393 g/mol. The first kappa shape index (κ1) is 19.4. The van der Waals surface area contributed by atoms with E-state index in [1.165, 1.54) is 16.9 Å². The number of thiazole rings is 1. The van der Waals surface area contributed by atoms with Crippen LogP contribution in [0.3, 0.4) is 0 Å². The molecule has 0 unspecified atom stereocenters. The maximum atomic E-state index is 12.1. The summed E-state index contributed by atoms with van der Waals surface area (Å²) in [6, 6.07) is 16.6. The first-order valence-electron chi connectivity index (χ1n) is 8.65. The summed E-state index contributed by atoms with van der Waals surface area (Å²) in [6.07, 6.45) is -0.767. The molecule has 3 rings (SSSR count). The number of nitrogens with one attached hydrogen (secondary N) is 1. The third-order valence-electron chi connectivity index (χ3n) is 3.85. The molecular weight excluding hydrogens is 374 g/mol. The number of hydrogen-bond acceptors (Lipinski definition) is 7. The maximum absolute atomic E-state index is 12.1. The van der Waals surface area contributed by atoms with Gasteiger partial charge in [0.15, 0.2) is 11.2 Å². The van der Waals surface area contributed by atoms with E-state index in [0.29, 0.717) is 17.0 Å². The number of anilines is 2. The maximum Gasteiger partial charge on any atom is 0.347 e. The van der Waals surface area contributed by atoms with Crippen molar-refractivity contribution >= 4 is 28.1 Å². The molecule has 0 amide bonds. The number of carbonyl (C=O) groups is 1. The van der Waals surface area contributed by atoms with E-state index in [4.69, 9.17) is 14.7 Å². The van der Waals surface area contributed by atoms with E-state index in [1.54, 1.807) is 31.2 Å². The van der Waals surface area contributed by atoms with Crippen molar-refractivity contribution in [2.75, 3.05) is 5.32 Å². The molecule has 0 aliphatic carbocycles. The van der Waals surface area contributed by atoms with Crippen LogP contribution in [0.2, 0.25) is 0 Å². The van der Waals surface area contributed by atoms with E-state index in [0.717, 1.165) is 10.8 Å². The molecule has 0 aliphatic rings. The Bertz CT molecular complexity index is 975. The second-order valence-electron chi connectivity index (χ2n) is 6.14. The number of esters is 1. The van der Waals surface area contributed by atoms with Crippen LogP contribution in [0, 0.1) is 18.3 Å². The van der Waals surface area contributed by atoms with Crippen molar-refractivity contribution in [3.05, 3.63) is 70.7 Å². The molecule has 0 spiro atoms. The van der Waals surface area contributed by atoms with Gasteiger partial charge >= 0.3 is 5.97 Å².